The molecular weight excluding hydrogens is 340 g/mol. The predicted molar refractivity (Wildman–Crippen MR) is 106 cm³/mol. The van der Waals surface area contributed by atoms with Gasteiger partial charge in [0.15, 0.2) is 0 Å². The minimum atomic E-state index is -0.227. The molecule has 0 spiro atoms. The van der Waals surface area contributed by atoms with Crippen LogP contribution in [-0.4, -0.2) is 43.0 Å². The number of hydrogen-bond acceptors (Lipinski definition) is 3. The molecule has 0 aromatic heterocycles. The average Bonchev–Trinajstić information content (AvgIpc) is 2.68. The normalized spacial score (nSPS) is 14.7. The molecule has 2 aromatic rings. The van der Waals surface area contributed by atoms with Gasteiger partial charge in [0.1, 0.15) is 0 Å². The highest BCUT2D eigenvalue weighted by Gasteiger charge is 2.19. The number of ether oxygens (including phenoxy) is 1. The maximum Gasteiger partial charge on any atom is 0.255 e. The highest BCUT2D eigenvalue weighted by atomic mass is 16.5. The van der Waals surface area contributed by atoms with Gasteiger partial charge < -0.3 is 15.0 Å². The zero-order chi connectivity index (χ0) is 19.4. The Labute approximate surface area is 160 Å². The molecule has 0 atom stereocenters. The molecule has 1 fully saturated rings. The van der Waals surface area contributed by atoms with Crippen LogP contribution in [0.4, 0.5) is 5.69 Å². The quantitative estimate of drug-likeness (QED) is 0.901. The van der Waals surface area contributed by atoms with E-state index in [9.17, 15) is 9.59 Å². The maximum atomic E-state index is 12.6. The van der Waals surface area contributed by atoms with Gasteiger partial charge in [-0.15, -0.1) is 0 Å². The van der Waals surface area contributed by atoms with E-state index in [-0.39, 0.29) is 17.2 Å². The predicted octanol–water partition coefficient (Wildman–Crippen LogP) is 3.71. The lowest BCUT2D eigenvalue weighted by Gasteiger charge is -2.27. The van der Waals surface area contributed by atoms with Gasteiger partial charge in [-0.3, -0.25) is 9.59 Å². The van der Waals surface area contributed by atoms with Gasteiger partial charge in [-0.2, -0.15) is 0 Å². The van der Waals surface area contributed by atoms with Gasteiger partial charge >= 0.3 is 0 Å². The summed E-state index contributed by atoms with van der Waals surface area (Å²) in [5.74, 6) is -0.294. The van der Waals surface area contributed by atoms with Crippen molar-refractivity contribution in [1.29, 1.82) is 0 Å². The van der Waals surface area contributed by atoms with E-state index in [4.69, 9.17) is 4.74 Å². The van der Waals surface area contributed by atoms with Crippen molar-refractivity contribution >= 4 is 17.5 Å². The van der Waals surface area contributed by atoms with Crippen LogP contribution in [0.15, 0.2) is 48.5 Å². The van der Waals surface area contributed by atoms with Crippen molar-refractivity contribution in [2.24, 2.45) is 0 Å². The van der Waals surface area contributed by atoms with Crippen molar-refractivity contribution in [3.05, 3.63) is 65.2 Å². The fourth-order valence-corrected chi connectivity index (χ4v) is 3.00. The van der Waals surface area contributed by atoms with Crippen LogP contribution >= 0.6 is 0 Å². The molecule has 27 heavy (non-hydrogen) atoms. The molecule has 1 aliphatic heterocycles. The lowest BCUT2D eigenvalue weighted by atomic mass is 9.87. The molecule has 1 N–H and O–H groups in total. The molecule has 2 aromatic carbocycles. The minimum Gasteiger partial charge on any atom is -0.378 e. The molecule has 0 saturated carbocycles. The van der Waals surface area contributed by atoms with Crippen molar-refractivity contribution in [2.45, 2.75) is 26.2 Å². The number of hydrogen-bond donors (Lipinski definition) is 1. The molecule has 0 unspecified atom stereocenters. The van der Waals surface area contributed by atoms with Crippen LogP contribution in [0.3, 0.4) is 0 Å². The van der Waals surface area contributed by atoms with Crippen molar-refractivity contribution in [3.63, 3.8) is 0 Å². The number of nitrogens with one attached hydrogen (secondary N) is 1. The Balaban J connectivity index is 1.70. The first-order valence-corrected chi connectivity index (χ1v) is 9.23. The Morgan fingerprint density at radius 2 is 1.59 bits per heavy atom. The monoisotopic (exact) mass is 366 g/mol. The highest BCUT2D eigenvalue weighted by molar-refractivity contribution is 6.06. The Bertz CT molecular complexity index is 816. The molecule has 1 heterocycles. The molecule has 1 saturated heterocycles. The molecule has 142 valence electrons. The number of amides is 2. The van der Waals surface area contributed by atoms with E-state index in [2.05, 4.69) is 26.1 Å². The topological polar surface area (TPSA) is 58.6 Å². The summed E-state index contributed by atoms with van der Waals surface area (Å²) < 4.78 is 5.29. The molecule has 2 amide bonds. The molecule has 0 aliphatic carbocycles. The first-order chi connectivity index (χ1) is 12.8. The van der Waals surface area contributed by atoms with Gasteiger partial charge in [0.25, 0.3) is 11.8 Å². The van der Waals surface area contributed by atoms with E-state index in [0.717, 1.165) is 5.69 Å². The van der Waals surface area contributed by atoms with Crippen molar-refractivity contribution in [2.75, 3.05) is 31.6 Å². The van der Waals surface area contributed by atoms with Crippen LogP contribution in [0.1, 0.15) is 47.1 Å². The second kappa shape index (κ2) is 7.92. The van der Waals surface area contributed by atoms with Gasteiger partial charge in [-0.05, 0) is 41.3 Å². The van der Waals surface area contributed by atoms with Crippen LogP contribution in [0.2, 0.25) is 0 Å². The van der Waals surface area contributed by atoms with E-state index < -0.39 is 0 Å². The van der Waals surface area contributed by atoms with Crippen molar-refractivity contribution < 1.29 is 14.3 Å². The Morgan fingerprint density at radius 3 is 2.22 bits per heavy atom. The van der Waals surface area contributed by atoms with Crippen LogP contribution in [0, 0.1) is 0 Å². The van der Waals surface area contributed by atoms with Gasteiger partial charge in [-0.25, -0.2) is 0 Å². The summed E-state index contributed by atoms with van der Waals surface area (Å²) in [5, 5.41) is 2.90. The first kappa shape index (κ1) is 19.1. The van der Waals surface area contributed by atoms with E-state index in [1.807, 2.05) is 24.3 Å². The van der Waals surface area contributed by atoms with Gasteiger partial charge in [0.2, 0.25) is 0 Å². The molecular formula is C22H26N2O3. The third-order valence-corrected chi connectivity index (χ3v) is 4.68. The minimum absolute atomic E-state index is 0.0662. The SMILES string of the molecule is CC(C)(C)c1ccc(NC(=O)c2cccc(C(=O)N3CCOCC3)c2)cc1. The summed E-state index contributed by atoms with van der Waals surface area (Å²) >= 11 is 0. The maximum absolute atomic E-state index is 12.6. The van der Waals surface area contributed by atoms with Gasteiger partial charge in [0, 0.05) is 29.9 Å². The molecule has 0 bridgehead atoms. The molecule has 1 aliphatic rings. The highest BCUT2D eigenvalue weighted by Crippen LogP contribution is 2.23. The second-order valence-corrected chi connectivity index (χ2v) is 7.77. The summed E-state index contributed by atoms with van der Waals surface area (Å²) in [6.45, 7) is 8.71. The average molecular weight is 366 g/mol. The van der Waals surface area contributed by atoms with Crippen LogP contribution in [0.5, 0.6) is 0 Å². The van der Waals surface area contributed by atoms with Crippen molar-refractivity contribution in [3.8, 4) is 0 Å². The number of carbonyl (C=O) groups excluding carboxylic acids is 2. The number of carbonyl (C=O) groups is 2. The number of rotatable bonds is 3. The molecule has 5 nitrogen and oxygen atoms in total. The summed E-state index contributed by atoms with van der Waals surface area (Å²) in [7, 11) is 0. The summed E-state index contributed by atoms with van der Waals surface area (Å²) in [4.78, 5) is 26.9. The van der Waals surface area contributed by atoms with Crippen LogP contribution in [0.25, 0.3) is 0 Å². The Kier molecular flexibility index (Phi) is 5.61. The van der Waals surface area contributed by atoms with Crippen LogP contribution < -0.4 is 5.32 Å². The lowest BCUT2D eigenvalue weighted by Crippen LogP contribution is -2.40. The number of nitrogens with zero attached hydrogens (tertiary/aromatic N) is 1. The first-order valence-electron chi connectivity index (χ1n) is 9.23. The third kappa shape index (κ3) is 4.74. The van der Waals surface area contributed by atoms with E-state index in [0.29, 0.717) is 37.4 Å². The fraction of sp³-hybridized carbons (Fsp3) is 0.364. The second-order valence-electron chi connectivity index (χ2n) is 7.77. The van der Waals surface area contributed by atoms with Crippen molar-refractivity contribution in [1.82, 2.24) is 4.90 Å². The number of benzene rings is 2. The van der Waals surface area contributed by atoms with E-state index >= 15 is 0 Å². The molecule has 3 rings (SSSR count). The summed E-state index contributed by atoms with van der Waals surface area (Å²) in [6, 6.07) is 14.7. The van der Waals surface area contributed by atoms with Gasteiger partial charge in [-0.1, -0.05) is 39.0 Å². The molecule has 5 heteroatoms. The largest absolute Gasteiger partial charge is 0.378 e. The Hall–Kier alpha value is -2.66. The fourth-order valence-electron chi connectivity index (χ4n) is 3.00. The molecule has 0 radical (unpaired) electrons. The number of anilines is 1. The lowest BCUT2D eigenvalue weighted by molar-refractivity contribution is 0.0303. The zero-order valence-electron chi connectivity index (χ0n) is 16.1. The third-order valence-electron chi connectivity index (χ3n) is 4.68. The zero-order valence-corrected chi connectivity index (χ0v) is 16.1. The summed E-state index contributed by atoms with van der Waals surface area (Å²) in [5.41, 5.74) is 3.00. The Morgan fingerprint density at radius 1 is 0.963 bits per heavy atom. The van der Waals surface area contributed by atoms with E-state index in [1.165, 1.54) is 5.56 Å². The van der Waals surface area contributed by atoms with E-state index in [1.54, 1.807) is 29.2 Å². The number of morpholine rings is 1. The smallest absolute Gasteiger partial charge is 0.255 e. The standard InChI is InChI=1S/C22H26N2O3/c1-22(2,3)18-7-9-19(10-8-18)23-20(25)16-5-4-6-17(15-16)21(26)24-11-13-27-14-12-24/h4-10,15H,11-14H2,1-3H3,(H,23,25). The van der Waals surface area contributed by atoms with Gasteiger partial charge in [0.05, 0.1) is 13.2 Å². The van der Waals surface area contributed by atoms with Crippen LogP contribution in [-0.2, 0) is 10.2 Å². The summed E-state index contributed by atoms with van der Waals surface area (Å²) in [6.07, 6.45) is 0.